The molecule has 1 atom stereocenters. The second-order valence-corrected chi connectivity index (χ2v) is 10.5. The average Bonchev–Trinajstić information content (AvgIpc) is 3.38. The Morgan fingerprint density at radius 1 is 1.43 bits per heavy atom. The van der Waals surface area contributed by atoms with Crippen LogP contribution in [0.4, 0.5) is 20.0 Å². The summed E-state index contributed by atoms with van der Waals surface area (Å²) in [5.74, 6) is -0.912. The number of urea groups is 1. The van der Waals surface area contributed by atoms with E-state index in [4.69, 9.17) is 5.11 Å². The van der Waals surface area contributed by atoms with E-state index in [0.29, 0.717) is 33.5 Å². The monoisotopic (exact) mass is 515 g/mol. The van der Waals surface area contributed by atoms with E-state index >= 15 is 0 Å². The van der Waals surface area contributed by atoms with Crippen molar-refractivity contribution in [2.24, 2.45) is 11.8 Å². The molecule has 1 saturated carbocycles. The Morgan fingerprint density at radius 3 is 2.83 bits per heavy atom. The molecule has 1 aromatic heterocycles. The number of anilines is 2. The first kappa shape index (κ1) is 23.0. The van der Waals surface area contributed by atoms with Gasteiger partial charge in [-0.1, -0.05) is 31.1 Å². The van der Waals surface area contributed by atoms with Gasteiger partial charge in [0.2, 0.25) is 0 Å². The fourth-order valence-corrected chi connectivity index (χ4v) is 5.38. The normalized spacial score (nSPS) is 15.2. The van der Waals surface area contributed by atoms with Crippen LogP contribution in [-0.2, 0) is 4.79 Å². The summed E-state index contributed by atoms with van der Waals surface area (Å²) in [6.45, 7) is 2.17. The van der Waals surface area contributed by atoms with Crippen molar-refractivity contribution < 1.29 is 19.1 Å². The molecular weight excluding hydrogens is 493 g/mol. The predicted octanol–water partition coefficient (Wildman–Crippen LogP) is 6.09. The third-order valence-electron chi connectivity index (χ3n) is 4.97. The standard InChI is InChI=1S/C20H23BrFN3O3S2/c1-12(18(26)27)11-29-17-9-23-19(30-17)24-20(28)25(10-13-4-2-3-5-13)14-6-7-15(21)16(22)8-14/h6-9,12-13H,2-5,10-11H2,1H3,(H,26,27)(H,23,24,28). The number of aliphatic carboxylic acids is 1. The summed E-state index contributed by atoms with van der Waals surface area (Å²) in [5.41, 5.74) is 0.501. The molecule has 3 rings (SSSR count). The van der Waals surface area contributed by atoms with Gasteiger partial charge in [-0.25, -0.2) is 14.2 Å². The molecule has 1 aliphatic carbocycles. The first-order valence-electron chi connectivity index (χ1n) is 9.68. The number of carbonyl (C=O) groups excluding carboxylic acids is 1. The molecular formula is C20H23BrFN3O3S2. The van der Waals surface area contributed by atoms with Crippen LogP contribution in [0.2, 0.25) is 0 Å². The minimum atomic E-state index is -0.843. The number of thioether (sulfide) groups is 1. The van der Waals surface area contributed by atoms with Gasteiger partial charge in [-0.3, -0.25) is 15.0 Å². The molecule has 0 aliphatic heterocycles. The maximum atomic E-state index is 14.1. The second-order valence-electron chi connectivity index (χ2n) is 7.32. The van der Waals surface area contributed by atoms with Crippen molar-refractivity contribution >= 4 is 61.8 Å². The molecule has 1 unspecified atom stereocenters. The van der Waals surface area contributed by atoms with Crippen molar-refractivity contribution in [3.05, 3.63) is 34.7 Å². The first-order valence-corrected chi connectivity index (χ1v) is 12.3. The number of halogens is 2. The van der Waals surface area contributed by atoms with Crippen molar-refractivity contribution in [2.75, 3.05) is 22.5 Å². The number of aromatic nitrogens is 1. The van der Waals surface area contributed by atoms with Crippen LogP contribution in [0.1, 0.15) is 32.6 Å². The van der Waals surface area contributed by atoms with Crippen LogP contribution in [-0.4, -0.2) is 34.4 Å². The molecule has 2 N–H and O–H groups in total. The second kappa shape index (κ2) is 10.6. The van der Waals surface area contributed by atoms with Gasteiger partial charge in [-0.15, -0.1) is 11.8 Å². The zero-order valence-electron chi connectivity index (χ0n) is 16.4. The van der Waals surface area contributed by atoms with Crippen LogP contribution in [0.5, 0.6) is 0 Å². The third kappa shape index (κ3) is 6.18. The number of hydrogen-bond acceptors (Lipinski definition) is 5. The molecule has 162 valence electrons. The maximum absolute atomic E-state index is 14.1. The number of amides is 2. The topological polar surface area (TPSA) is 82.5 Å². The van der Waals surface area contributed by atoms with Crippen molar-refractivity contribution in [1.82, 2.24) is 4.98 Å². The number of carboxylic acids is 1. The highest BCUT2D eigenvalue weighted by Gasteiger charge is 2.24. The van der Waals surface area contributed by atoms with Crippen LogP contribution in [0.3, 0.4) is 0 Å². The molecule has 0 spiro atoms. The van der Waals surface area contributed by atoms with E-state index in [2.05, 4.69) is 26.2 Å². The van der Waals surface area contributed by atoms with Crippen molar-refractivity contribution in [3.8, 4) is 0 Å². The lowest BCUT2D eigenvalue weighted by atomic mass is 10.1. The minimum Gasteiger partial charge on any atom is -0.481 e. The molecule has 1 aliphatic rings. The lowest BCUT2D eigenvalue weighted by Gasteiger charge is -2.26. The Bertz CT molecular complexity index is 905. The van der Waals surface area contributed by atoms with Crippen LogP contribution in [0, 0.1) is 17.7 Å². The highest BCUT2D eigenvalue weighted by Crippen LogP contribution is 2.32. The number of nitrogens with zero attached hydrogens (tertiary/aromatic N) is 2. The number of nitrogens with one attached hydrogen (secondary N) is 1. The Kier molecular flexibility index (Phi) is 8.13. The van der Waals surface area contributed by atoms with Gasteiger partial charge in [0.05, 0.1) is 20.8 Å². The molecule has 10 heteroatoms. The van der Waals surface area contributed by atoms with Gasteiger partial charge in [0.25, 0.3) is 0 Å². The van der Waals surface area contributed by atoms with Gasteiger partial charge in [-0.2, -0.15) is 0 Å². The smallest absolute Gasteiger partial charge is 0.328 e. The highest BCUT2D eigenvalue weighted by atomic mass is 79.9. The first-order chi connectivity index (χ1) is 14.3. The number of rotatable bonds is 8. The molecule has 1 heterocycles. The van der Waals surface area contributed by atoms with Crippen molar-refractivity contribution in [3.63, 3.8) is 0 Å². The molecule has 6 nitrogen and oxygen atoms in total. The van der Waals surface area contributed by atoms with E-state index in [-0.39, 0.29) is 6.03 Å². The number of thiazole rings is 1. The van der Waals surface area contributed by atoms with Gasteiger partial charge in [0, 0.05) is 18.0 Å². The number of benzene rings is 1. The SMILES string of the molecule is CC(CSc1cnc(NC(=O)N(CC2CCCC2)c2ccc(Br)c(F)c2)s1)C(=O)O. The maximum Gasteiger partial charge on any atom is 0.328 e. The molecule has 0 radical (unpaired) electrons. The van der Waals surface area contributed by atoms with Crippen molar-refractivity contribution in [2.45, 2.75) is 36.8 Å². The molecule has 0 saturated heterocycles. The van der Waals surface area contributed by atoms with E-state index in [1.807, 2.05) is 0 Å². The van der Waals surface area contributed by atoms with E-state index < -0.39 is 17.7 Å². The van der Waals surface area contributed by atoms with Gasteiger partial charge < -0.3 is 5.11 Å². The lowest BCUT2D eigenvalue weighted by molar-refractivity contribution is -0.140. The Hall–Kier alpha value is -1.65. The summed E-state index contributed by atoms with van der Waals surface area (Å²) in [4.78, 5) is 29.8. The fraction of sp³-hybridized carbons (Fsp3) is 0.450. The summed E-state index contributed by atoms with van der Waals surface area (Å²) >= 11 is 5.84. The van der Waals surface area contributed by atoms with Crippen LogP contribution in [0.15, 0.2) is 33.1 Å². The van der Waals surface area contributed by atoms with Crippen LogP contribution >= 0.6 is 39.0 Å². The molecule has 1 fully saturated rings. The number of carbonyl (C=O) groups is 2. The summed E-state index contributed by atoms with van der Waals surface area (Å²) in [7, 11) is 0. The third-order valence-corrected chi connectivity index (χ3v) is 7.98. The number of carboxylic acid groups (broad SMARTS) is 1. The highest BCUT2D eigenvalue weighted by molar-refractivity contribution is 9.10. The van der Waals surface area contributed by atoms with E-state index in [9.17, 15) is 14.0 Å². The largest absolute Gasteiger partial charge is 0.481 e. The van der Waals surface area contributed by atoms with Gasteiger partial charge >= 0.3 is 12.0 Å². The number of hydrogen-bond donors (Lipinski definition) is 2. The molecule has 0 bridgehead atoms. The van der Waals surface area contributed by atoms with Crippen LogP contribution < -0.4 is 10.2 Å². The minimum absolute atomic E-state index is 0.352. The molecule has 1 aromatic carbocycles. The molecule has 2 aromatic rings. The summed E-state index contributed by atoms with van der Waals surface area (Å²) in [5, 5.41) is 12.2. The van der Waals surface area contributed by atoms with E-state index in [1.165, 1.54) is 29.2 Å². The zero-order valence-corrected chi connectivity index (χ0v) is 19.7. The van der Waals surface area contributed by atoms with Gasteiger partial charge in [0.1, 0.15) is 5.82 Å². The van der Waals surface area contributed by atoms with Gasteiger partial charge in [0.15, 0.2) is 5.13 Å². The fourth-order valence-electron chi connectivity index (χ4n) is 3.23. The van der Waals surface area contributed by atoms with E-state index in [0.717, 1.165) is 29.9 Å². The van der Waals surface area contributed by atoms with E-state index in [1.54, 1.807) is 30.2 Å². The van der Waals surface area contributed by atoms with Crippen molar-refractivity contribution in [1.29, 1.82) is 0 Å². The predicted molar refractivity (Wildman–Crippen MR) is 122 cm³/mol. The van der Waals surface area contributed by atoms with Crippen LogP contribution in [0.25, 0.3) is 0 Å². The Morgan fingerprint density at radius 2 is 2.17 bits per heavy atom. The lowest BCUT2D eigenvalue weighted by Crippen LogP contribution is -2.38. The summed E-state index contributed by atoms with van der Waals surface area (Å²) < 4.78 is 15.3. The average molecular weight is 516 g/mol. The molecule has 30 heavy (non-hydrogen) atoms. The Balaban J connectivity index is 1.70. The molecule has 2 amide bonds. The zero-order chi connectivity index (χ0) is 21.7. The van der Waals surface area contributed by atoms with Gasteiger partial charge in [-0.05, 0) is 52.9 Å². The Labute approximate surface area is 191 Å². The summed E-state index contributed by atoms with van der Waals surface area (Å²) in [6.07, 6.45) is 6.04. The quantitative estimate of drug-likeness (QED) is 0.415. The summed E-state index contributed by atoms with van der Waals surface area (Å²) in [6, 6.07) is 4.32.